The van der Waals surface area contributed by atoms with Crippen molar-refractivity contribution in [1.29, 1.82) is 0 Å². The highest BCUT2D eigenvalue weighted by Crippen LogP contribution is 2.18. The SMILES string of the molecule is NNc1ncc(COCc2ccc(Cl)cc2)s1. The molecule has 1 heterocycles. The Morgan fingerprint density at radius 3 is 2.71 bits per heavy atom. The van der Waals surface area contributed by atoms with E-state index in [1.54, 1.807) is 6.20 Å². The molecule has 0 saturated carbocycles. The lowest BCUT2D eigenvalue weighted by Gasteiger charge is -2.02. The summed E-state index contributed by atoms with van der Waals surface area (Å²) < 4.78 is 5.56. The van der Waals surface area contributed by atoms with Crippen molar-refractivity contribution in [2.45, 2.75) is 13.2 Å². The summed E-state index contributed by atoms with van der Waals surface area (Å²) in [7, 11) is 0. The van der Waals surface area contributed by atoms with Gasteiger partial charge >= 0.3 is 0 Å². The van der Waals surface area contributed by atoms with Gasteiger partial charge in [-0.05, 0) is 17.7 Å². The van der Waals surface area contributed by atoms with Crippen LogP contribution in [0.1, 0.15) is 10.4 Å². The molecule has 90 valence electrons. The summed E-state index contributed by atoms with van der Waals surface area (Å²) in [4.78, 5) is 5.09. The first-order valence-electron chi connectivity index (χ1n) is 5.01. The number of nitrogens with one attached hydrogen (secondary N) is 1. The van der Waals surface area contributed by atoms with Gasteiger partial charge < -0.3 is 4.74 Å². The number of nitrogens with zero attached hydrogens (tertiary/aromatic N) is 1. The Balaban J connectivity index is 1.81. The lowest BCUT2D eigenvalue weighted by atomic mass is 10.2. The van der Waals surface area contributed by atoms with Gasteiger partial charge in [0, 0.05) is 11.2 Å². The van der Waals surface area contributed by atoms with Crippen LogP contribution in [0.4, 0.5) is 5.13 Å². The summed E-state index contributed by atoms with van der Waals surface area (Å²) in [6.07, 6.45) is 1.75. The number of nitrogens with two attached hydrogens (primary N) is 1. The van der Waals surface area contributed by atoms with Gasteiger partial charge in [0.25, 0.3) is 0 Å². The van der Waals surface area contributed by atoms with E-state index in [9.17, 15) is 0 Å². The molecular formula is C11H12ClN3OS. The molecule has 4 nitrogen and oxygen atoms in total. The summed E-state index contributed by atoms with van der Waals surface area (Å²) in [5, 5.41) is 1.42. The smallest absolute Gasteiger partial charge is 0.197 e. The molecule has 2 rings (SSSR count). The van der Waals surface area contributed by atoms with Crippen LogP contribution in [0.5, 0.6) is 0 Å². The monoisotopic (exact) mass is 269 g/mol. The third-order valence-electron chi connectivity index (χ3n) is 2.10. The van der Waals surface area contributed by atoms with Gasteiger partial charge in [0.15, 0.2) is 5.13 Å². The predicted octanol–water partition coefficient (Wildman–Crippen LogP) is 2.80. The minimum Gasteiger partial charge on any atom is -0.371 e. The third kappa shape index (κ3) is 3.67. The fourth-order valence-corrected chi connectivity index (χ4v) is 2.08. The number of hydrogen-bond acceptors (Lipinski definition) is 5. The zero-order chi connectivity index (χ0) is 12.1. The molecule has 0 fully saturated rings. The molecule has 0 unspecified atom stereocenters. The Morgan fingerprint density at radius 2 is 2.06 bits per heavy atom. The summed E-state index contributed by atoms with van der Waals surface area (Å²) >= 11 is 7.27. The van der Waals surface area contributed by atoms with E-state index in [4.69, 9.17) is 22.2 Å². The van der Waals surface area contributed by atoms with Crippen LogP contribution in [0, 0.1) is 0 Å². The average Bonchev–Trinajstić information content (AvgIpc) is 2.80. The number of aromatic nitrogens is 1. The summed E-state index contributed by atoms with van der Waals surface area (Å²) in [5.41, 5.74) is 3.59. The number of thiazole rings is 1. The van der Waals surface area contributed by atoms with Crippen LogP contribution in [-0.4, -0.2) is 4.98 Å². The molecule has 1 aromatic carbocycles. The summed E-state index contributed by atoms with van der Waals surface area (Å²) in [5.74, 6) is 5.24. The fourth-order valence-electron chi connectivity index (χ4n) is 1.29. The van der Waals surface area contributed by atoms with Crippen LogP contribution in [0.3, 0.4) is 0 Å². The van der Waals surface area contributed by atoms with Crippen molar-refractivity contribution >= 4 is 28.1 Å². The number of anilines is 1. The molecule has 0 radical (unpaired) electrons. The van der Waals surface area contributed by atoms with Gasteiger partial charge in [-0.1, -0.05) is 35.1 Å². The molecule has 0 amide bonds. The van der Waals surface area contributed by atoms with Crippen molar-refractivity contribution in [1.82, 2.24) is 4.98 Å². The topological polar surface area (TPSA) is 60.2 Å². The van der Waals surface area contributed by atoms with Crippen molar-refractivity contribution in [3.8, 4) is 0 Å². The number of hydrazine groups is 1. The maximum atomic E-state index is 5.79. The highest BCUT2D eigenvalue weighted by atomic mass is 35.5. The zero-order valence-electron chi connectivity index (χ0n) is 9.02. The zero-order valence-corrected chi connectivity index (χ0v) is 10.6. The van der Waals surface area contributed by atoms with Crippen LogP contribution in [0.25, 0.3) is 0 Å². The van der Waals surface area contributed by atoms with Crippen molar-refractivity contribution in [3.05, 3.63) is 45.9 Å². The lowest BCUT2D eigenvalue weighted by molar-refractivity contribution is 0.109. The van der Waals surface area contributed by atoms with E-state index in [1.165, 1.54) is 11.3 Å². The van der Waals surface area contributed by atoms with Gasteiger partial charge in [-0.2, -0.15) is 0 Å². The first kappa shape index (κ1) is 12.3. The van der Waals surface area contributed by atoms with Crippen LogP contribution in [0.15, 0.2) is 30.5 Å². The second kappa shape index (κ2) is 5.97. The summed E-state index contributed by atoms with van der Waals surface area (Å²) in [6, 6.07) is 7.59. The van der Waals surface area contributed by atoms with E-state index >= 15 is 0 Å². The van der Waals surface area contributed by atoms with Crippen LogP contribution < -0.4 is 11.3 Å². The maximum absolute atomic E-state index is 5.79. The Morgan fingerprint density at radius 1 is 1.29 bits per heavy atom. The predicted molar refractivity (Wildman–Crippen MR) is 69.9 cm³/mol. The first-order valence-corrected chi connectivity index (χ1v) is 6.21. The molecule has 0 bridgehead atoms. The third-order valence-corrected chi connectivity index (χ3v) is 3.26. The second-order valence-electron chi connectivity index (χ2n) is 3.40. The molecule has 6 heteroatoms. The summed E-state index contributed by atoms with van der Waals surface area (Å²) in [6.45, 7) is 1.09. The Labute approximate surface area is 108 Å². The van der Waals surface area contributed by atoms with Crippen molar-refractivity contribution < 1.29 is 4.74 Å². The maximum Gasteiger partial charge on any atom is 0.197 e. The Hall–Kier alpha value is -1.14. The number of benzene rings is 1. The molecular weight excluding hydrogens is 258 g/mol. The van der Waals surface area contributed by atoms with Gasteiger partial charge in [-0.25, -0.2) is 10.8 Å². The number of nitrogen functional groups attached to an aromatic ring is 1. The van der Waals surface area contributed by atoms with E-state index in [-0.39, 0.29) is 0 Å². The molecule has 3 N–H and O–H groups in total. The molecule has 0 atom stereocenters. The Bertz CT molecular complexity index is 472. The van der Waals surface area contributed by atoms with Crippen LogP contribution >= 0.6 is 22.9 Å². The van der Waals surface area contributed by atoms with Gasteiger partial charge in [-0.15, -0.1) is 0 Å². The van der Waals surface area contributed by atoms with E-state index in [2.05, 4.69) is 10.4 Å². The Kier molecular flexibility index (Phi) is 4.33. The minimum atomic E-state index is 0.530. The normalized spacial score (nSPS) is 10.5. The molecule has 0 aliphatic rings. The largest absolute Gasteiger partial charge is 0.371 e. The minimum absolute atomic E-state index is 0.530. The van der Waals surface area contributed by atoms with Gasteiger partial charge in [0.2, 0.25) is 0 Å². The highest BCUT2D eigenvalue weighted by molar-refractivity contribution is 7.15. The second-order valence-corrected chi connectivity index (χ2v) is 4.95. The van der Waals surface area contributed by atoms with Gasteiger partial charge in [0.1, 0.15) is 0 Å². The molecule has 0 aliphatic carbocycles. The molecule has 0 spiro atoms. The molecule has 17 heavy (non-hydrogen) atoms. The van der Waals surface area contributed by atoms with Crippen LogP contribution in [-0.2, 0) is 18.0 Å². The van der Waals surface area contributed by atoms with E-state index in [0.29, 0.717) is 18.3 Å². The number of halogens is 1. The van der Waals surface area contributed by atoms with Crippen molar-refractivity contribution in [3.63, 3.8) is 0 Å². The molecule has 0 aliphatic heterocycles. The average molecular weight is 270 g/mol. The highest BCUT2D eigenvalue weighted by Gasteiger charge is 2.00. The van der Waals surface area contributed by atoms with E-state index < -0.39 is 0 Å². The fraction of sp³-hybridized carbons (Fsp3) is 0.182. The number of rotatable bonds is 5. The molecule has 2 aromatic rings. The standard InChI is InChI=1S/C11H12ClN3OS/c12-9-3-1-8(2-4-9)6-16-7-10-5-14-11(15-13)17-10/h1-5H,6-7,13H2,(H,14,15). The quantitative estimate of drug-likeness (QED) is 0.647. The number of hydrogen-bond donors (Lipinski definition) is 2. The van der Waals surface area contributed by atoms with E-state index in [1.807, 2.05) is 24.3 Å². The van der Waals surface area contributed by atoms with Crippen LogP contribution in [0.2, 0.25) is 5.02 Å². The number of ether oxygens (including phenoxy) is 1. The van der Waals surface area contributed by atoms with Crippen molar-refractivity contribution in [2.75, 3.05) is 5.43 Å². The van der Waals surface area contributed by atoms with E-state index in [0.717, 1.165) is 15.5 Å². The van der Waals surface area contributed by atoms with Gasteiger partial charge in [-0.3, -0.25) is 5.43 Å². The lowest BCUT2D eigenvalue weighted by Crippen LogP contribution is -2.05. The molecule has 0 saturated heterocycles. The molecule has 1 aromatic heterocycles. The van der Waals surface area contributed by atoms with Gasteiger partial charge in [0.05, 0.1) is 18.1 Å². The van der Waals surface area contributed by atoms with Crippen molar-refractivity contribution in [2.24, 2.45) is 5.84 Å². The first-order chi connectivity index (χ1) is 8.28.